The highest BCUT2D eigenvalue weighted by Crippen LogP contribution is 2.21. The number of hydrogen-bond acceptors (Lipinski definition) is 4. The van der Waals surface area contributed by atoms with Crippen LogP contribution >= 0.6 is 0 Å². The van der Waals surface area contributed by atoms with E-state index in [4.69, 9.17) is 4.74 Å². The SMILES string of the molecule is COC(=O)c1ccc(CCN2C(=O)CC[C@@H]2/C=C/C(=O)CCCC(C)C)cc1. The summed E-state index contributed by atoms with van der Waals surface area (Å²) in [6.07, 6.45) is 8.08. The zero-order chi connectivity index (χ0) is 20.5. The van der Waals surface area contributed by atoms with Gasteiger partial charge in [0, 0.05) is 19.4 Å². The highest BCUT2D eigenvalue weighted by molar-refractivity contribution is 5.90. The standard InChI is InChI=1S/C23H31NO4/c1-17(2)5-4-6-21(25)13-11-20-12-14-22(26)24(20)16-15-18-7-9-19(10-8-18)23(27)28-3/h7-11,13,17,20H,4-6,12,14-16H2,1-3H3/b13-11+/t20-/m0/s1. The Balaban J connectivity index is 1.87. The predicted octanol–water partition coefficient (Wildman–Crippen LogP) is 3.96. The first-order chi connectivity index (χ1) is 13.4. The van der Waals surface area contributed by atoms with Gasteiger partial charge in [0.25, 0.3) is 0 Å². The highest BCUT2D eigenvalue weighted by Gasteiger charge is 2.28. The molecule has 1 aliphatic heterocycles. The average Bonchev–Trinajstić information content (AvgIpc) is 3.03. The normalized spacial score (nSPS) is 16.9. The molecular weight excluding hydrogens is 354 g/mol. The number of esters is 1. The largest absolute Gasteiger partial charge is 0.465 e. The number of allylic oxidation sites excluding steroid dienone is 1. The lowest BCUT2D eigenvalue weighted by atomic mass is 10.0. The van der Waals surface area contributed by atoms with E-state index >= 15 is 0 Å². The van der Waals surface area contributed by atoms with E-state index in [1.165, 1.54) is 7.11 Å². The third kappa shape index (κ3) is 6.63. The molecule has 1 fully saturated rings. The number of hydrogen-bond donors (Lipinski definition) is 0. The van der Waals surface area contributed by atoms with E-state index in [1.54, 1.807) is 18.2 Å². The number of carbonyl (C=O) groups is 3. The maximum Gasteiger partial charge on any atom is 0.337 e. The summed E-state index contributed by atoms with van der Waals surface area (Å²) in [5, 5.41) is 0. The molecule has 1 amide bonds. The fourth-order valence-corrected chi connectivity index (χ4v) is 3.41. The molecule has 0 radical (unpaired) electrons. The molecular formula is C23H31NO4. The van der Waals surface area contributed by atoms with Crippen molar-refractivity contribution in [3.63, 3.8) is 0 Å². The number of methoxy groups -OCH3 is 1. The third-order valence-corrected chi connectivity index (χ3v) is 5.10. The summed E-state index contributed by atoms with van der Waals surface area (Å²) in [5.41, 5.74) is 1.57. The van der Waals surface area contributed by atoms with Gasteiger partial charge in [0.05, 0.1) is 18.7 Å². The number of rotatable bonds is 10. The van der Waals surface area contributed by atoms with Crippen molar-refractivity contribution in [1.29, 1.82) is 0 Å². The molecule has 1 aliphatic rings. The zero-order valence-electron chi connectivity index (χ0n) is 17.1. The maximum atomic E-state index is 12.2. The van der Waals surface area contributed by atoms with E-state index in [0.717, 1.165) is 24.8 Å². The van der Waals surface area contributed by atoms with Crippen LogP contribution < -0.4 is 0 Å². The van der Waals surface area contributed by atoms with Gasteiger partial charge in [-0.2, -0.15) is 0 Å². The van der Waals surface area contributed by atoms with E-state index in [9.17, 15) is 14.4 Å². The highest BCUT2D eigenvalue weighted by atomic mass is 16.5. The summed E-state index contributed by atoms with van der Waals surface area (Å²) in [6, 6.07) is 7.24. The zero-order valence-corrected chi connectivity index (χ0v) is 17.1. The van der Waals surface area contributed by atoms with Gasteiger partial charge in [-0.05, 0) is 49.0 Å². The molecule has 0 aliphatic carbocycles. The Hall–Kier alpha value is -2.43. The molecule has 5 heteroatoms. The Morgan fingerprint density at radius 1 is 1.25 bits per heavy atom. The second-order valence-electron chi connectivity index (χ2n) is 7.74. The molecule has 0 N–H and O–H groups in total. The molecule has 1 saturated heterocycles. The summed E-state index contributed by atoms with van der Waals surface area (Å²) in [4.78, 5) is 37.6. The van der Waals surface area contributed by atoms with Crippen LogP contribution in [0.5, 0.6) is 0 Å². The van der Waals surface area contributed by atoms with Crippen LogP contribution in [0.1, 0.15) is 61.9 Å². The van der Waals surface area contributed by atoms with Crippen LogP contribution in [0.15, 0.2) is 36.4 Å². The van der Waals surface area contributed by atoms with E-state index in [1.807, 2.05) is 23.1 Å². The molecule has 0 spiro atoms. The number of carbonyl (C=O) groups excluding carboxylic acids is 3. The fourth-order valence-electron chi connectivity index (χ4n) is 3.41. The average molecular weight is 386 g/mol. The molecule has 0 saturated carbocycles. The summed E-state index contributed by atoms with van der Waals surface area (Å²) in [5.74, 6) is 0.525. The molecule has 152 valence electrons. The Morgan fingerprint density at radius 3 is 2.61 bits per heavy atom. The van der Waals surface area contributed by atoms with Gasteiger partial charge in [-0.15, -0.1) is 0 Å². The summed E-state index contributed by atoms with van der Waals surface area (Å²) in [7, 11) is 1.36. The molecule has 1 aromatic carbocycles. The van der Waals surface area contributed by atoms with Crippen molar-refractivity contribution in [2.75, 3.05) is 13.7 Å². The monoisotopic (exact) mass is 385 g/mol. The second-order valence-corrected chi connectivity index (χ2v) is 7.74. The van der Waals surface area contributed by atoms with Gasteiger partial charge < -0.3 is 9.64 Å². The molecule has 28 heavy (non-hydrogen) atoms. The van der Waals surface area contributed by atoms with Crippen LogP contribution in [0.25, 0.3) is 0 Å². The van der Waals surface area contributed by atoms with Crippen LogP contribution in [-0.4, -0.2) is 42.3 Å². The van der Waals surface area contributed by atoms with E-state index in [0.29, 0.717) is 37.3 Å². The van der Waals surface area contributed by atoms with E-state index in [-0.39, 0.29) is 23.7 Å². The lowest BCUT2D eigenvalue weighted by Crippen LogP contribution is -2.33. The van der Waals surface area contributed by atoms with Gasteiger partial charge in [0.2, 0.25) is 5.91 Å². The van der Waals surface area contributed by atoms with Crippen molar-refractivity contribution in [2.24, 2.45) is 5.92 Å². The topological polar surface area (TPSA) is 63.7 Å². The van der Waals surface area contributed by atoms with Crippen molar-refractivity contribution in [3.05, 3.63) is 47.5 Å². The van der Waals surface area contributed by atoms with E-state index < -0.39 is 0 Å². The van der Waals surface area contributed by atoms with Crippen molar-refractivity contribution in [2.45, 2.75) is 58.4 Å². The Morgan fingerprint density at radius 2 is 1.96 bits per heavy atom. The number of ketones is 1. The summed E-state index contributed by atoms with van der Waals surface area (Å²) >= 11 is 0. The number of likely N-dealkylation sites (tertiary alicyclic amines) is 1. The number of benzene rings is 1. The first kappa shape index (κ1) is 21.9. The number of amides is 1. The quantitative estimate of drug-likeness (QED) is 0.452. The third-order valence-electron chi connectivity index (χ3n) is 5.10. The van der Waals surface area contributed by atoms with Gasteiger partial charge >= 0.3 is 5.97 Å². The minimum atomic E-state index is -0.357. The van der Waals surface area contributed by atoms with Gasteiger partial charge in [-0.3, -0.25) is 9.59 Å². The molecule has 1 aromatic rings. The van der Waals surface area contributed by atoms with Crippen molar-refractivity contribution >= 4 is 17.7 Å². The lowest BCUT2D eigenvalue weighted by molar-refractivity contribution is -0.128. The van der Waals surface area contributed by atoms with Gasteiger partial charge in [-0.25, -0.2) is 4.79 Å². The Kier molecular flexibility index (Phi) is 8.42. The van der Waals surface area contributed by atoms with Crippen LogP contribution in [0.2, 0.25) is 0 Å². The molecule has 2 rings (SSSR count). The summed E-state index contributed by atoms with van der Waals surface area (Å²) < 4.78 is 4.70. The van der Waals surface area contributed by atoms with Gasteiger partial charge in [0.15, 0.2) is 5.78 Å². The minimum Gasteiger partial charge on any atom is -0.465 e. The smallest absolute Gasteiger partial charge is 0.337 e. The van der Waals surface area contributed by atoms with Crippen LogP contribution in [0, 0.1) is 5.92 Å². The molecule has 0 unspecified atom stereocenters. The first-order valence-electron chi connectivity index (χ1n) is 10.1. The maximum absolute atomic E-state index is 12.2. The molecule has 0 aromatic heterocycles. The van der Waals surface area contributed by atoms with Gasteiger partial charge in [0.1, 0.15) is 0 Å². The predicted molar refractivity (Wildman–Crippen MR) is 109 cm³/mol. The van der Waals surface area contributed by atoms with E-state index in [2.05, 4.69) is 13.8 Å². The molecule has 1 heterocycles. The van der Waals surface area contributed by atoms with Gasteiger partial charge in [-0.1, -0.05) is 38.5 Å². The fraction of sp³-hybridized carbons (Fsp3) is 0.522. The first-order valence-corrected chi connectivity index (χ1v) is 10.1. The number of ether oxygens (including phenoxy) is 1. The van der Waals surface area contributed by atoms with Crippen LogP contribution in [0.4, 0.5) is 0 Å². The Bertz CT molecular complexity index is 706. The summed E-state index contributed by atoms with van der Waals surface area (Å²) in [6.45, 7) is 4.92. The van der Waals surface area contributed by atoms with Crippen molar-refractivity contribution in [1.82, 2.24) is 4.90 Å². The molecule has 1 atom stereocenters. The van der Waals surface area contributed by atoms with Crippen LogP contribution in [-0.2, 0) is 20.7 Å². The molecule has 5 nitrogen and oxygen atoms in total. The Labute approximate surface area is 167 Å². The second kappa shape index (κ2) is 10.8. The lowest BCUT2D eigenvalue weighted by Gasteiger charge is -2.22. The van der Waals surface area contributed by atoms with Crippen molar-refractivity contribution < 1.29 is 19.1 Å². The van der Waals surface area contributed by atoms with Crippen molar-refractivity contribution in [3.8, 4) is 0 Å². The molecule has 0 bridgehead atoms. The number of nitrogens with zero attached hydrogens (tertiary/aromatic N) is 1. The van der Waals surface area contributed by atoms with Crippen LogP contribution in [0.3, 0.4) is 0 Å². The minimum absolute atomic E-state index is 0.00380.